The normalized spacial score (nSPS) is 21.1. The Morgan fingerprint density at radius 2 is 2.14 bits per heavy atom. The first-order valence-electron chi connectivity index (χ1n) is 7.52. The zero-order valence-corrected chi connectivity index (χ0v) is 13.4. The number of rotatable bonds is 4. The summed E-state index contributed by atoms with van der Waals surface area (Å²) in [5.41, 5.74) is 2.08. The van der Waals surface area contributed by atoms with Crippen LogP contribution >= 0.6 is 0 Å². The molecule has 1 unspecified atom stereocenters. The Morgan fingerprint density at radius 1 is 1.43 bits per heavy atom. The van der Waals surface area contributed by atoms with Gasteiger partial charge in [-0.2, -0.15) is 5.10 Å². The minimum Gasteiger partial charge on any atom is -0.390 e. The molecule has 1 aliphatic rings. The number of amides is 1. The van der Waals surface area contributed by atoms with E-state index in [1.807, 2.05) is 25.1 Å². The molecule has 1 fully saturated rings. The van der Waals surface area contributed by atoms with Crippen molar-refractivity contribution in [2.45, 2.75) is 33.4 Å². The maximum atomic E-state index is 12.3. The Kier molecular flexibility index (Phi) is 5.00. The van der Waals surface area contributed by atoms with Gasteiger partial charge in [0.05, 0.1) is 18.3 Å². The Bertz CT molecular complexity index is 498. The van der Waals surface area contributed by atoms with Crippen molar-refractivity contribution in [2.75, 3.05) is 26.2 Å². The van der Waals surface area contributed by atoms with Crippen molar-refractivity contribution in [3.05, 3.63) is 17.5 Å². The SMILES string of the molecule is Cc1nn(C)cc1CN1CC(=O)N(CC(C)C)CC(O)C1. The van der Waals surface area contributed by atoms with E-state index in [1.165, 1.54) is 0 Å². The zero-order valence-electron chi connectivity index (χ0n) is 13.4. The lowest BCUT2D eigenvalue weighted by Crippen LogP contribution is -2.39. The largest absolute Gasteiger partial charge is 0.390 e. The first-order valence-corrected chi connectivity index (χ1v) is 7.52. The van der Waals surface area contributed by atoms with E-state index in [4.69, 9.17) is 0 Å². The van der Waals surface area contributed by atoms with Crippen molar-refractivity contribution < 1.29 is 9.90 Å². The molecule has 1 saturated heterocycles. The molecule has 2 heterocycles. The molecule has 118 valence electrons. The number of aliphatic hydroxyl groups is 1. The molecule has 1 aromatic heterocycles. The van der Waals surface area contributed by atoms with Crippen LogP contribution in [0.5, 0.6) is 0 Å². The van der Waals surface area contributed by atoms with Gasteiger partial charge in [-0.25, -0.2) is 0 Å². The highest BCUT2D eigenvalue weighted by atomic mass is 16.3. The predicted molar refractivity (Wildman–Crippen MR) is 80.6 cm³/mol. The lowest BCUT2D eigenvalue weighted by atomic mass is 10.2. The van der Waals surface area contributed by atoms with Crippen molar-refractivity contribution in [1.82, 2.24) is 19.6 Å². The lowest BCUT2D eigenvalue weighted by Gasteiger charge is -2.23. The molecule has 0 aliphatic carbocycles. The molecule has 21 heavy (non-hydrogen) atoms. The summed E-state index contributed by atoms with van der Waals surface area (Å²) >= 11 is 0. The molecule has 0 radical (unpaired) electrons. The number of aliphatic hydroxyl groups excluding tert-OH is 1. The molecule has 0 bridgehead atoms. The molecule has 1 aromatic rings. The van der Waals surface area contributed by atoms with E-state index in [2.05, 4.69) is 18.9 Å². The molecule has 1 N–H and O–H groups in total. The summed E-state index contributed by atoms with van der Waals surface area (Å²) in [5, 5.41) is 14.5. The van der Waals surface area contributed by atoms with Gasteiger partial charge < -0.3 is 10.0 Å². The van der Waals surface area contributed by atoms with Gasteiger partial charge in [0.1, 0.15) is 0 Å². The summed E-state index contributed by atoms with van der Waals surface area (Å²) in [6.07, 6.45) is 1.48. The summed E-state index contributed by atoms with van der Waals surface area (Å²) in [6, 6.07) is 0. The zero-order chi connectivity index (χ0) is 15.6. The van der Waals surface area contributed by atoms with Crippen LogP contribution in [0.25, 0.3) is 0 Å². The Balaban J connectivity index is 2.05. The van der Waals surface area contributed by atoms with Gasteiger partial charge in [-0.3, -0.25) is 14.4 Å². The van der Waals surface area contributed by atoms with Crippen LogP contribution in [-0.2, 0) is 18.4 Å². The lowest BCUT2D eigenvalue weighted by molar-refractivity contribution is -0.132. The van der Waals surface area contributed by atoms with Crippen LogP contribution in [0.2, 0.25) is 0 Å². The molecule has 0 spiro atoms. The van der Waals surface area contributed by atoms with Gasteiger partial charge in [0.15, 0.2) is 0 Å². The van der Waals surface area contributed by atoms with Crippen molar-refractivity contribution in [2.24, 2.45) is 13.0 Å². The van der Waals surface area contributed by atoms with E-state index in [1.54, 1.807) is 9.58 Å². The standard InChI is InChI=1S/C15H26N4O2/c1-11(2)5-19-9-14(20)8-18(10-15(19)21)7-13-6-17(4)16-12(13)3/h6,11,14,20H,5,7-10H2,1-4H3. The van der Waals surface area contributed by atoms with E-state index < -0.39 is 6.10 Å². The first kappa shape index (κ1) is 16.0. The van der Waals surface area contributed by atoms with Crippen molar-refractivity contribution in [3.8, 4) is 0 Å². The van der Waals surface area contributed by atoms with Crippen LogP contribution in [0.3, 0.4) is 0 Å². The molecule has 2 rings (SSSR count). The van der Waals surface area contributed by atoms with E-state index in [-0.39, 0.29) is 5.91 Å². The third-order valence-electron chi connectivity index (χ3n) is 3.71. The highest BCUT2D eigenvalue weighted by Crippen LogP contribution is 2.13. The van der Waals surface area contributed by atoms with Crippen LogP contribution in [-0.4, -0.2) is 62.9 Å². The number of carbonyl (C=O) groups excluding carboxylic acids is 1. The fourth-order valence-electron chi connectivity index (χ4n) is 2.85. The van der Waals surface area contributed by atoms with Gasteiger partial charge in [-0.1, -0.05) is 13.8 Å². The summed E-state index contributed by atoms with van der Waals surface area (Å²) in [7, 11) is 1.89. The Hall–Kier alpha value is -1.40. The monoisotopic (exact) mass is 294 g/mol. The molecule has 1 atom stereocenters. The third kappa shape index (κ3) is 4.28. The smallest absolute Gasteiger partial charge is 0.236 e. The number of hydrogen-bond acceptors (Lipinski definition) is 4. The van der Waals surface area contributed by atoms with E-state index in [9.17, 15) is 9.90 Å². The Morgan fingerprint density at radius 3 is 2.71 bits per heavy atom. The summed E-state index contributed by atoms with van der Waals surface area (Å²) in [5.74, 6) is 0.509. The number of nitrogens with zero attached hydrogens (tertiary/aromatic N) is 4. The molecule has 1 aliphatic heterocycles. The van der Waals surface area contributed by atoms with Gasteiger partial charge in [0.25, 0.3) is 0 Å². The number of aryl methyl sites for hydroxylation is 2. The molecule has 6 heteroatoms. The molecule has 6 nitrogen and oxygen atoms in total. The number of carbonyl (C=O) groups is 1. The van der Waals surface area contributed by atoms with Crippen LogP contribution in [0.15, 0.2) is 6.20 Å². The fraction of sp³-hybridized carbons (Fsp3) is 0.733. The second-order valence-corrected chi connectivity index (χ2v) is 6.43. The van der Waals surface area contributed by atoms with Gasteiger partial charge in [0.2, 0.25) is 5.91 Å². The molecule has 0 saturated carbocycles. The van der Waals surface area contributed by atoms with Crippen molar-refractivity contribution >= 4 is 5.91 Å². The predicted octanol–water partition coefficient (Wildman–Crippen LogP) is 0.390. The minimum absolute atomic E-state index is 0.0989. The van der Waals surface area contributed by atoms with E-state index >= 15 is 0 Å². The summed E-state index contributed by atoms with van der Waals surface area (Å²) in [4.78, 5) is 16.1. The topological polar surface area (TPSA) is 61.6 Å². The molecular weight excluding hydrogens is 268 g/mol. The molecule has 1 amide bonds. The minimum atomic E-state index is -0.493. The quantitative estimate of drug-likeness (QED) is 0.872. The van der Waals surface area contributed by atoms with Gasteiger partial charge in [-0.15, -0.1) is 0 Å². The van der Waals surface area contributed by atoms with E-state index in [0.29, 0.717) is 38.6 Å². The number of aromatic nitrogens is 2. The highest BCUT2D eigenvalue weighted by molar-refractivity contribution is 5.78. The van der Waals surface area contributed by atoms with Crippen LogP contribution < -0.4 is 0 Å². The molecule has 0 aromatic carbocycles. The number of β-amino-alcohol motifs (C(OH)–C–C–N with tert-alkyl or cyclic N) is 1. The average molecular weight is 294 g/mol. The average Bonchev–Trinajstić information content (AvgIpc) is 2.58. The third-order valence-corrected chi connectivity index (χ3v) is 3.71. The van der Waals surface area contributed by atoms with Crippen molar-refractivity contribution in [1.29, 1.82) is 0 Å². The number of hydrogen-bond donors (Lipinski definition) is 1. The van der Waals surface area contributed by atoms with Gasteiger partial charge in [0, 0.05) is 45.0 Å². The molecular formula is C15H26N4O2. The second-order valence-electron chi connectivity index (χ2n) is 6.43. The maximum absolute atomic E-state index is 12.3. The second kappa shape index (κ2) is 6.58. The van der Waals surface area contributed by atoms with Gasteiger partial charge >= 0.3 is 0 Å². The van der Waals surface area contributed by atoms with Crippen LogP contribution in [0, 0.1) is 12.8 Å². The van der Waals surface area contributed by atoms with Crippen LogP contribution in [0.1, 0.15) is 25.1 Å². The first-order chi connectivity index (χ1) is 9.85. The maximum Gasteiger partial charge on any atom is 0.236 e. The van der Waals surface area contributed by atoms with Gasteiger partial charge in [-0.05, 0) is 12.8 Å². The summed E-state index contributed by atoms with van der Waals surface area (Å²) < 4.78 is 1.78. The Labute approximate surface area is 126 Å². The van der Waals surface area contributed by atoms with Crippen LogP contribution in [0.4, 0.5) is 0 Å². The fourth-order valence-corrected chi connectivity index (χ4v) is 2.85. The van der Waals surface area contributed by atoms with Crippen molar-refractivity contribution in [3.63, 3.8) is 0 Å². The summed E-state index contributed by atoms with van der Waals surface area (Å²) in [6.45, 7) is 8.80. The van der Waals surface area contributed by atoms with E-state index in [0.717, 1.165) is 11.3 Å². The highest BCUT2D eigenvalue weighted by Gasteiger charge is 2.27.